The molecule has 2 aliphatic heterocycles. The fourth-order valence-corrected chi connectivity index (χ4v) is 2.60. The van der Waals surface area contributed by atoms with Crippen LogP contribution in [0.25, 0.3) is 0 Å². The van der Waals surface area contributed by atoms with E-state index < -0.39 is 5.54 Å². The van der Waals surface area contributed by atoms with Gasteiger partial charge >= 0.3 is 0 Å². The van der Waals surface area contributed by atoms with Gasteiger partial charge in [0.2, 0.25) is 5.91 Å². The molecule has 0 spiro atoms. The number of rotatable bonds is 2. The van der Waals surface area contributed by atoms with Crippen molar-refractivity contribution in [1.29, 1.82) is 0 Å². The van der Waals surface area contributed by atoms with Crippen molar-refractivity contribution < 1.29 is 14.6 Å². The standard InChI is InChI=1S/C12H22N2O3/c1-9-8-17-10(7-15)6-14(9)11(16)12(2)4-3-5-13-12/h9-10,13,15H,3-8H2,1-2H3. The molecule has 5 nitrogen and oxygen atoms in total. The summed E-state index contributed by atoms with van der Waals surface area (Å²) < 4.78 is 5.45. The molecule has 2 rings (SSSR count). The van der Waals surface area contributed by atoms with Crippen LogP contribution in [-0.2, 0) is 9.53 Å². The van der Waals surface area contributed by atoms with E-state index in [0.29, 0.717) is 13.2 Å². The van der Waals surface area contributed by atoms with Crippen LogP contribution in [0.15, 0.2) is 0 Å². The van der Waals surface area contributed by atoms with Gasteiger partial charge in [-0.25, -0.2) is 0 Å². The van der Waals surface area contributed by atoms with E-state index in [1.54, 1.807) is 0 Å². The molecule has 98 valence electrons. The largest absolute Gasteiger partial charge is 0.394 e. The lowest BCUT2D eigenvalue weighted by molar-refractivity contribution is -0.152. The molecule has 2 N–H and O–H groups in total. The van der Waals surface area contributed by atoms with Crippen molar-refractivity contribution in [2.75, 3.05) is 26.3 Å². The summed E-state index contributed by atoms with van der Waals surface area (Å²) in [6.45, 7) is 5.84. The van der Waals surface area contributed by atoms with Crippen LogP contribution in [0, 0.1) is 0 Å². The minimum Gasteiger partial charge on any atom is -0.394 e. The molecule has 0 bridgehead atoms. The summed E-state index contributed by atoms with van der Waals surface area (Å²) in [5.74, 6) is 0.143. The predicted octanol–water partition coefficient (Wildman–Crippen LogP) is -0.263. The third kappa shape index (κ3) is 2.46. The molecule has 0 aliphatic carbocycles. The van der Waals surface area contributed by atoms with Crippen LogP contribution in [0.5, 0.6) is 0 Å². The Morgan fingerprint density at radius 1 is 1.65 bits per heavy atom. The molecule has 2 aliphatic rings. The number of aliphatic hydroxyl groups is 1. The molecule has 3 atom stereocenters. The van der Waals surface area contributed by atoms with Crippen molar-refractivity contribution in [3.8, 4) is 0 Å². The first-order valence-corrected chi connectivity index (χ1v) is 6.35. The highest BCUT2D eigenvalue weighted by atomic mass is 16.5. The summed E-state index contributed by atoms with van der Waals surface area (Å²) in [6, 6.07) is 0.0875. The maximum atomic E-state index is 12.5. The predicted molar refractivity (Wildman–Crippen MR) is 63.6 cm³/mol. The van der Waals surface area contributed by atoms with Crippen LogP contribution in [-0.4, -0.2) is 59.9 Å². The maximum absolute atomic E-state index is 12.5. The Kier molecular flexibility index (Phi) is 3.70. The second kappa shape index (κ2) is 4.92. The smallest absolute Gasteiger partial charge is 0.242 e. The zero-order valence-corrected chi connectivity index (χ0v) is 10.6. The van der Waals surface area contributed by atoms with E-state index in [0.717, 1.165) is 19.4 Å². The number of nitrogens with zero attached hydrogens (tertiary/aromatic N) is 1. The highest BCUT2D eigenvalue weighted by Gasteiger charge is 2.42. The molecular formula is C12H22N2O3. The minimum atomic E-state index is -0.425. The topological polar surface area (TPSA) is 61.8 Å². The van der Waals surface area contributed by atoms with Crippen molar-refractivity contribution in [2.24, 2.45) is 0 Å². The van der Waals surface area contributed by atoms with Crippen LogP contribution < -0.4 is 5.32 Å². The molecule has 0 saturated carbocycles. The van der Waals surface area contributed by atoms with Crippen molar-refractivity contribution in [1.82, 2.24) is 10.2 Å². The monoisotopic (exact) mass is 242 g/mol. The van der Waals surface area contributed by atoms with Crippen molar-refractivity contribution in [3.05, 3.63) is 0 Å². The molecule has 0 radical (unpaired) electrons. The van der Waals surface area contributed by atoms with Gasteiger partial charge in [-0.15, -0.1) is 0 Å². The molecule has 2 saturated heterocycles. The summed E-state index contributed by atoms with van der Waals surface area (Å²) in [5, 5.41) is 12.4. The molecular weight excluding hydrogens is 220 g/mol. The first-order chi connectivity index (χ1) is 8.07. The fraction of sp³-hybridized carbons (Fsp3) is 0.917. The Morgan fingerprint density at radius 2 is 2.41 bits per heavy atom. The number of hydrogen-bond donors (Lipinski definition) is 2. The van der Waals surface area contributed by atoms with Crippen LogP contribution in [0.3, 0.4) is 0 Å². The zero-order valence-electron chi connectivity index (χ0n) is 10.6. The second-order valence-corrected chi connectivity index (χ2v) is 5.31. The molecule has 3 unspecified atom stereocenters. The lowest BCUT2D eigenvalue weighted by Gasteiger charge is -2.41. The van der Waals surface area contributed by atoms with Gasteiger partial charge in [0.1, 0.15) is 0 Å². The molecule has 2 heterocycles. The summed E-state index contributed by atoms with van der Waals surface area (Å²) in [6.07, 6.45) is 1.70. The Morgan fingerprint density at radius 3 is 3.00 bits per heavy atom. The summed E-state index contributed by atoms with van der Waals surface area (Å²) in [5.41, 5.74) is -0.425. The van der Waals surface area contributed by atoms with E-state index >= 15 is 0 Å². The molecule has 1 amide bonds. The summed E-state index contributed by atoms with van der Waals surface area (Å²) in [7, 11) is 0. The third-order valence-corrected chi connectivity index (χ3v) is 3.81. The van der Waals surface area contributed by atoms with Gasteiger partial charge in [0.25, 0.3) is 0 Å². The van der Waals surface area contributed by atoms with E-state index in [-0.39, 0.29) is 24.7 Å². The van der Waals surface area contributed by atoms with Gasteiger partial charge in [0.05, 0.1) is 30.9 Å². The summed E-state index contributed by atoms with van der Waals surface area (Å²) in [4.78, 5) is 14.4. The van der Waals surface area contributed by atoms with E-state index in [1.807, 2.05) is 18.7 Å². The fourth-order valence-electron chi connectivity index (χ4n) is 2.60. The number of amides is 1. The average molecular weight is 242 g/mol. The van der Waals surface area contributed by atoms with Crippen LogP contribution in [0.4, 0.5) is 0 Å². The molecule has 17 heavy (non-hydrogen) atoms. The van der Waals surface area contributed by atoms with Gasteiger partial charge in [-0.3, -0.25) is 4.79 Å². The molecule has 0 aromatic rings. The number of aliphatic hydroxyl groups excluding tert-OH is 1. The number of morpholine rings is 1. The van der Waals surface area contributed by atoms with Crippen molar-refractivity contribution >= 4 is 5.91 Å². The zero-order chi connectivity index (χ0) is 12.5. The van der Waals surface area contributed by atoms with Gasteiger partial charge in [0.15, 0.2) is 0 Å². The number of carbonyl (C=O) groups is 1. The SMILES string of the molecule is CC1COC(CO)CN1C(=O)C1(C)CCCN1. The lowest BCUT2D eigenvalue weighted by Crippen LogP contribution is -2.60. The highest BCUT2D eigenvalue weighted by Crippen LogP contribution is 2.24. The third-order valence-electron chi connectivity index (χ3n) is 3.81. The Balaban J connectivity index is 2.06. The van der Waals surface area contributed by atoms with Crippen LogP contribution >= 0.6 is 0 Å². The van der Waals surface area contributed by atoms with E-state index in [2.05, 4.69) is 5.32 Å². The Labute approximate surface area is 102 Å². The quantitative estimate of drug-likeness (QED) is 0.700. The lowest BCUT2D eigenvalue weighted by atomic mass is 9.97. The molecule has 5 heteroatoms. The summed E-state index contributed by atoms with van der Waals surface area (Å²) >= 11 is 0. The molecule has 2 fully saturated rings. The first-order valence-electron chi connectivity index (χ1n) is 6.35. The molecule has 0 aromatic carbocycles. The Hall–Kier alpha value is -0.650. The van der Waals surface area contributed by atoms with Crippen LogP contribution in [0.2, 0.25) is 0 Å². The molecule has 0 aromatic heterocycles. The minimum absolute atomic E-state index is 0.0271. The normalized spacial score (nSPS) is 38.4. The number of hydrogen-bond acceptors (Lipinski definition) is 4. The van der Waals surface area contributed by atoms with Crippen molar-refractivity contribution in [2.45, 2.75) is 44.4 Å². The van der Waals surface area contributed by atoms with Gasteiger partial charge in [0, 0.05) is 6.54 Å². The Bertz CT molecular complexity index is 289. The van der Waals surface area contributed by atoms with Crippen LogP contribution in [0.1, 0.15) is 26.7 Å². The highest BCUT2D eigenvalue weighted by molar-refractivity contribution is 5.86. The first kappa shape index (κ1) is 12.8. The van der Waals surface area contributed by atoms with Gasteiger partial charge in [-0.1, -0.05) is 0 Å². The second-order valence-electron chi connectivity index (χ2n) is 5.31. The average Bonchev–Trinajstić information content (AvgIpc) is 2.77. The van der Waals surface area contributed by atoms with Crippen molar-refractivity contribution in [3.63, 3.8) is 0 Å². The van der Waals surface area contributed by atoms with E-state index in [9.17, 15) is 4.79 Å². The van der Waals surface area contributed by atoms with Gasteiger partial charge in [-0.2, -0.15) is 0 Å². The van der Waals surface area contributed by atoms with E-state index in [4.69, 9.17) is 9.84 Å². The number of carbonyl (C=O) groups excluding carboxylic acids is 1. The number of nitrogens with one attached hydrogen (secondary N) is 1. The van der Waals surface area contributed by atoms with Gasteiger partial charge in [-0.05, 0) is 33.2 Å². The maximum Gasteiger partial charge on any atom is 0.242 e. The van der Waals surface area contributed by atoms with E-state index in [1.165, 1.54) is 0 Å². The number of ether oxygens (including phenoxy) is 1. The van der Waals surface area contributed by atoms with Gasteiger partial charge < -0.3 is 20.1 Å².